The van der Waals surface area contributed by atoms with Gasteiger partial charge < -0.3 is 5.32 Å². The average molecular weight is 268 g/mol. The normalized spacial score (nSPS) is 12.2. The Bertz CT molecular complexity index is 502. The maximum absolute atomic E-state index is 6.13. The molecule has 0 aliphatic carbocycles. The van der Waals surface area contributed by atoms with Crippen molar-refractivity contribution in [1.29, 1.82) is 0 Å². The van der Waals surface area contributed by atoms with E-state index in [1.165, 1.54) is 6.33 Å². The predicted octanol–water partition coefficient (Wildman–Crippen LogP) is 3.96. The number of hydrogen-bond acceptors (Lipinski definition) is 3. The van der Waals surface area contributed by atoms with E-state index < -0.39 is 0 Å². The summed E-state index contributed by atoms with van der Waals surface area (Å²) in [6.07, 6.45) is 4.92. The van der Waals surface area contributed by atoms with E-state index in [1.807, 2.05) is 19.1 Å². The summed E-state index contributed by atoms with van der Waals surface area (Å²) in [6.45, 7) is 2.02. The lowest BCUT2D eigenvalue weighted by Crippen LogP contribution is -2.07. The van der Waals surface area contributed by atoms with Gasteiger partial charge in [0.2, 0.25) is 0 Å². The Morgan fingerprint density at radius 3 is 2.53 bits per heavy atom. The zero-order valence-electron chi connectivity index (χ0n) is 9.19. The molecule has 17 heavy (non-hydrogen) atoms. The molecule has 0 fully saturated rings. The number of rotatable bonds is 3. The molecule has 2 aromatic rings. The number of hydrogen-bond donors (Lipinski definition) is 1. The predicted molar refractivity (Wildman–Crippen MR) is 70.5 cm³/mol. The highest BCUT2D eigenvalue weighted by molar-refractivity contribution is 6.35. The van der Waals surface area contributed by atoms with Crippen molar-refractivity contribution >= 4 is 28.9 Å². The van der Waals surface area contributed by atoms with Gasteiger partial charge in [-0.25, -0.2) is 9.97 Å². The van der Waals surface area contributed by atoms with Crippen LogP contribution < -0.4 is 5.32 Å². The minimum atomic E-state index is 0.0609. The van der Waals surface area contributed by atoms with Gasteiger partial charge in [0, 0.05) is 10.0 Å². The molecule has 1 atom stereocenters. The first kappa shape index (κ1) is 12.1. The molecule has 0 aliphatic heterocycles. The van der Waals surface area contributed by atoms with E-state index in [4.69, 9.17) is 23.2 Å². The van der Waals surface area contributed by atoms with Crippen molar-refractivity contribution in [2.75, 3.05) is 5.32 Å². The maximum atomic E-state index is 6.13. The molecule has 1 aromatic carbocycles. The van der Waals surface area contributed by atoms with Crippen LogP contribution in [0.1, 0.15) is 18.5 Å². The fourth-order valence-corrected chi connectivity index (χ4v) is 2.13. The Morgan fingerprint density at radius 2 is 1.88 bits per heavy atom. The summed E-state index contributed by atoms with van der Waals surface area (Å²) in [5, 5.41) is 4.55. The monoisotopic (exact) mass is 267 g/mol. The highest BCUT2D eigenvalue weighted by Crippen LogP contribution is 2.27. The maximum Gasteiger partial charge on any atom is 0.115 e. The minimum absolute atomic E-state index is 0.0609. The highest BCUT2D eigenvalue weighted by Gasteiger charge is 2.09. The third kappa shape index (κ3) is 3.08. The Kier molecular flexibility index (Phi) is 3.82. The molecule has 5 heteroatoms. The molecule has 0 saturated carbocycles. The summed E-state index contributed by atoms with van der Waals surface area (Å²) in [5.41, 5.74) is 1.84. The zero-order valence-corrected chi connectivity index (χ0v) is 10.7. The van der Waals surface area contributed by atoms with Gasteiger partial charge in [0.25, 0.3) is 0 Å². The molecular weight excluding hydrogens is 257 g/mol. The van der Waals surface area contributed by atoms with Crippen LogP contribution in [0.25, 0.3) is 0 Å². The molecule has 1 unspecified atom stereocenters. The number of aromatic nitrogens is 2. The molecule has 1 N–H and O–H groups in total. The topological polar surface area (TPSA) is 37.8 Å². The molecule has 0 aliphatic rings. The Labute approximate surface area is 110 Å². The summed E-state index contributed by atoms with van der Waals surface area (Å²) < 4.78 is 0. The van der Waals surface area contributed by atoms with Gasteiger partial charge in [-0.2, -0.15) is 0 Å². The van der Waals surface area contributed by atoms with E-state index in [0.29, 0.717) is 10.0 Å². The van der Waals surface area contributed by atoms with E-state index >= 15 is 0 Å². The van der Waals surface area contributed by atoms with E-state index in [1.54, 1.807) is 18.5 Å². The van der Waals surface area contributed by atoms with Crippen LogP contribution in [0.2, 0.25) is 10.0 Å². The largest absolute Gasteiger partial charge is 0.376 e. The van der Waals surface area contributed by atoms with Gasteiger partial charge in [-0.1, -0.05) is 29.3 Å². The Hall–Kier alpha value is -1.32. The average Bonchev–Trinajstić information content (AvgIpc) is 2.30. The number of benzene rings is 1. The van der Waals surface area contributed by atoms with Crippen molar-refractivity contribution in [3.63, 3.8) is 0 Å². The molecule has 0 radical (unpaired) electrons. The molecule has 0 amide bonds. The van der Waals surface area contributed by atoms with Crippen LogP contribution in [0.15, 0.2) is 36.9 Å². The van der Waals surface area contributed by atoms with Gasteiger partial charge in [-0.05, 0) is 24.6 Å². The zero-order chi connectivity index (χ0) is 12.3. The van der Waals surface area contributed by atoms with Gasteiger partial charge in [0.05, 0.1) is 24.1 Å². The first-order valence-electron chi connectivity index (χ1n) is 5.13. The fraction of sp³-hybridized carbons (Fsp3) is 0.167. The van der Waals surface area contributed by atoms with E-state index in [0.717, 1.165) is 11.3 Å². The quantitative estimate of drug-likeness (QED) is 0.915. The smallest absolute Gasteiger partial charge is 0.115 e. The lowest BCUT2D eigenvalue weighted by Gasteiger charge is -2.16. The van der Waals surface area contributed by atoms with Gasteiger partial charge in [0.1, 0.15) is 6.33 Å². The Balaban J connectivity index is 2.17. The van der Waals surface area contributed by atoms with E-state index in [9.17, 15) is 0 Å². The van der Waals surface area contributed by atoms with Crippen molar-refractivity contribution in [2.24, 2.45) is 0 Å². The van der Waals surface area contributed by atoms with E-state index in [2.05, 4.69) is 15.3 Å². The van der Waals surface area contributed by atoms with Crippen LogP contribution in [-0.2, 0) is 0 Å². The van der Waals surface area contributed by atoms with Gasteiger partial charge in [-0.15, -0.1) is 0 Å². The molecule has 0 saturated heterocycles. The molecule has 0 spiro atoms. The number of halogens is 2. The number of nitrogens with zero attached hydrogens (tertiary/aromatic N) is 2. The van der Waals surface area contributed by atoms with Gasteiger partial charge in [-0.3, -0.25) is 0 Å². The SMILES string of the molecule is CC(Nc1cncnc1)c1ccc(Cl)cc1Cl. The first-order chi connectivity index (χ1) is 8.16. The summed E-state index contributed by atoms with van der Waals surface area (Å²) in [7, 11) is 0. The van der Waals surface area contributed by atoms with Crippen LogP contribution in [0.5, 0.6) is 0 Å². The Morgan fingerprint density at radius 1 is 1.18 bits per heavy atom. The number of nitrogens with one attached hydrogen (secondary N) is 1. The summed E-state index contributed by atoms with van der Waals surface area (Å²) >= 11 is 12.0. The van der Waals surface area contributed by atoms with Crippen molar-refractivity contribution in [2.45, 2.75) is 13.0 Å². The molecule has 1 heterocycles. The third-order valence-electron chi connectivity index (χ3n) is 2.37. The molecule has 0 bridgehead atoms. The van der Waals surface area contributed by atoms with Crippen molar-refractivity contribution in [1.82, 2.24) is 9.97 Å². The second-order valence-electron chi connectivity index (χ2n) is 3.66. The second kappa shape index (κ2) is 5.34. The molecule has 88 valence electrons. The van der Waals surface area contributed by atoms with Gasteiger partial charge in [0.15, 0.2) is 0 Å². The van der Waals surface area contributed by atoms with Crippen LogP contribution >= 0.6 is 23.2 Å². The minimum Gasteiger partial charge on any atom is -0.376 e. The summed E-state index contributed by atoms with van der Waals surface area (Å²) in [4.78, 5) is 7.88. The summed E-state index contributed by atoms with van der Waals surface area (Å²) in [5.74, 6) is 0. The lowest BCUT2D eigenvalue weighted by molar-refractivity contribution is 0.880. The van der Waals surface area contributed by atoms with Crippen LogP contribution in [0.4, 0.5) is 5.69 Å². The van der Waals surface area contributed by atoms with Crippen molar-refractivity contribution in [3.05, 3.63) is 52.5 Å². The molecular formula is C12H11Cl2N3. The number of anilines is 1. The van der Waals surface area contributed by atoms with Crippen LogP contribution in [-0.4, -0.2) is 9.97 Å². The standard InChI is InChI=1S/C12H11Cl2N3/c1-8(17-10-5-15-7-16-6-10)11-3-2-9(13)4-12(11)14/h2-8,17H,1H3. The lowest BCUT2D eigenvalue weighted by atomic mass is 10.1. The molecule has 1 aromatic heterocycles. The second-order valence-corrected chi connectivity index (χ2v) is 4.50. The van der Waals surface area contributed by atoms with Crippen molar-refractivity contribution < 1.29 is 0 Å². The summed E-state index contributed by atoms with van der Waals surface area (Å²) in [6, 6.07) is 5.53. The van der Waals surface area contributed by atoms with Crippen LogP contribution in [0.3, 0.4) is 0 Å². The first-order valence-corrected chi connectivity index (χ1v) is 5.89. The van der Waals surface area contributed by atoms with Crippen molar-refractivity contribution in [3.8, 4) is 0 Å². The fourth-order valence-electron chi connectivity index (χ4n) is 1.55. The third-order valence-corrected chi connectivity index (χ3v) is 2.94. The van der Waals surface area contributed by atoms with E-state index in [-0.39, 0.29) is 6.04 Å². The highest BCUT2D eigenvalue weighted by atomic mass is 35.5. The molecule has 2 rings (SSSR count). The molecule has 3 nitrogen and oxygen atoms in total. The van der Waals surface area contributed by atoms with Gasteiger partial charge >= 0.3 is 0 Å². The van der Waals surface area contributed by atoms with Crippen LogP contribution in [0, 0.1) is 0 Å².